The number of rotatable bonds is 5. The predicted octanol–water partition coefficient (Wildman–Crippen LogP) is 3.25. The summed E-state index contributed by atoms with van der Waals surface area (Å²) in [6.07, 6.45) is 7.79. The average Bonchev–Trinajstić information content (AvgIpc) is 2.11. The van der Waals surface area contributed by atoms with Crippen LogP contribution in [0.2, 0.25) is 0 Å². The minimum absolute atomic E-state index is 1.11. The summed E-state index contributed by atoms with van der Waals surface area (Å²) in [5.74, 6) is 0. The van der Waals surface area contributed by atoms with Crippen LogP contribution < -0.4 is 5.32 Å². The van der Waals surface area contributed by atoms with Gasteiger partial charge >= 0.3 is 0 Å². The second kappa shape index (κ2) is 6.96. The number of nitrogens with one attached hydrogen (secondary N) is 1. The largest absolute Gasteiger partial charge is 0.394 e. The predicted molar refractivity (Wildman–Crippen MR) is 56.1 cm³/mol. The molecule has 0 aromatic heterocycles. The minimum atomic E-state index is 1.11. The average molecular weight is 167 g/mol. The highest BCUT2D eigenvalue weighted by molar-refractivity contribution is 5.29. The molecule has 0 aromatic carbocycles. The van der Waals surface area contributed by atoms with Gasteiger partial charge in [-0.2, -0.15) is 0 Å². The first-order valence-electron chi connectivity index (χ1n) is 4.85. The Kier molecular flexibility index (Phi) is 6.54. The first kappa shape index (κ1) is 11.3. The van der Waals surface area contributed by atoms with Crippen molar-refractivity contribution >= 4 is 0 Å². The summed E-state index contributed by atoms with van der Waals surface area (Å²) in [4.78, 5) is 0. The second-order valence-corrected chi connectivity index (χ2v) is 2.80. The van der Waals surface area contributed by atoms with Crippen molar-refractivity contribution in [1.29, 1.82) is 0 Å². The van der Waals surface area contributed by atoms with Gasteiger partial charge in [0.15, 0.2) is 0 Å². The van der Waals surface area contributed by atoms with Crippen molar-refractivity contribution in [2.24, 2.45) is 0 Å². The molecule has 0 heterocycles. The molecule has 0 aliphatic rings. The normalized spacial score (nSPS) is 13.3. The van der Waals surface area contributed by atoms with E-state index in [1.807, 2.05) is 7.05 Å². The van der Waals surface area contributed by atoms with Gasteiger partial charge in [-0.15, -0.1) is 0 Å². The lowest BCUT2D eigenvalue weighted by molar-refractivity contribution is 0.965. The highest BCUT2D eigenvalue weighted by atomic mass is 14.8. The Labute approximate surface area is 76.6 Å². The topological polar surface area (TPSA) is 12.0 Å². The lowest BCUT2D eigenvalue weighted by Gasteiger charge is -2.07. The summed E-state index contributed by atoms with van der Waals surface area (Å²) in [6, 6.07) is 0. The van der Waals surface area contributed by atoms with E-state index in [1.165, 1.54) is 11.1 Å². The van der Waals surface area contributed by atoms with Crippen LogP contribution in [-0.4, -0.2) is 7.05 Å². The monoisotopic (exact) mass is 167 g/mol. The van der Waals surface area contributed by atoms with Crippen molar-refractivity contribution in [3.63, 3.8) is 0 Å². The summed E-state index contributed by atoms with van der Waals surface area (Å²) in [5, 5.41) is 3.09. The molecule has 0 bridgehead atoms. The Bertz CT molecular complexity index is 146. The summed E-state index contributed by atoms with van der Waals surface area (Å²) in [6.45, 7) is 6.59. The molecular weight excluding hydrogens is 146 g/mol. The zero-order valence-corrected chi connectivity index (χ0v) is 8.78. The number of hydrogen-bond donors (Lipinski definition) is 1. The molecule has 0 radical (unpaired) electrons. The first-order chi connectivity index (χ1) is 5.79. The molecule has 1 N–H and O–H groups in total. The molecular formula is C11H21N. The first-order valence-corrected chi connectivity index (χ1v) is 4.85. The van der Waals surface area contributed by atoms with Crippen LogP contribution in [0.1, 0.15) is 40.0 Å². The van der Waals surface area contributed by atoms with Crippen LogP contribution in [0.5, 0.6) is 0 Å². The molecule has 1 heteroatoms. The molecule has 0 aliphatic heterocycles. The van der Waals surface area contributed by atoms with Crippen molar-refractivity contribution in [2.75, 3.05) is 7.05 Å². The van der Waals surface area contributed by atoms with E-state index in [-0.39, 0.29) is 0 Å². The summed E-state index contributed by atoms with van der Waals surface area (Å²) in [7, 11) is 1.95. The van der Waals surface area contributed by atoms with Crippen molar-refractivity contribution in [3.05, 3.63) is 23.4 Å². The molecule has 1 nitrogen and oxygen atoms in total. The van der Waals surface area contributed by atoms with Crippen LogP contribution in [0.25, 0.3) is 0 Å². The Hall–Kier alpha value is -0.720. The van der Waals surface area contributed by atoms with Crippen LogP contribution in [0.4, 0.5) is 0 Å². The molecule has 0 unspecified atom stereocenters. The lowest BCUT2D eigenvalue weighted by atomic mass is 10.0. The molecule has 0 aromatic rings. The smallest absolute Gasteiger partial charge is 0.00278 e. The highest BCUT2D eigenvalue weighted by Gasteiger charge is 1.98. The van der Waals surface area contributed by atoms with Crippen LogP contribution in [0, 0.1) is 0 Å². The van der Waals surface area contributed by atoms with Gasteiger partial charge in [0.2, 0.25) is 0 Å². The molecule has 0 spiro atoms. The van der Waals surface area contributed by atoms with E-state index >= 15 is 0 Å². The summed E-state index contributed by atoms with van der Waals surface area (Å²) < 4.78 is 0. The van der Waals surface area contributed by atoms with Crippen LogP contribution in [0.3, 0.4) is 0 Å². The zero-order chi connectivity index (χ0) is 9.40. The van der Waals surface area contributed by atoms with Gasteiger partial charge in [-0.1, -0.05) is 26.8 Å². The van der Waals surface area contributed by atoms with E-state index in [0.717, 1.165) is 19.3 Å². The van der Waals surface area contributed by atoms with Crippen molar-refractivity contribution in [3.8, 4) is 0 Å². The van der Waals surface area contributed by atoms with E-state index in [2.05, 4.69) is 38.4 Å². The molecule has 0 rings (SSSR count). The Morgan fingerprint density at radius 3 is 2.00 bits per heavy atom. The maximum atomic E-state index is 3.09. The SMILES string of the molecule is CC/C=C(CC)/C(=C/NC)CC. The van der Waals surface area contributed by atoms with E-state index in [1.54, 1.807) is 0 Å². The van der Waals surface area contributed by atoms with Crippen LogP contribution in [0.15, 0.2) is 23.4 Å². The Morgan fingerprint density at radius 2 is 1.67 bits per heavy atom. The van der Waals surface area contributed by atoms with E-state index < -0.39 is 0 Å². The zero-order valence-electron chi connectivity index (χ0n) is 8.78. The maximum Gasteiger partial charge on any atom is 0.00278 e. The van der Waals surface area contributed by atoms with Gasteiger partial charge in [-0.05, 0) is 36.6 Å². The molecule has 70 valence electrons. The fraction of sp³-hybridized carbons (Fsp3) is 0.636. The molecule has 0 saturated heterocycles. The van der Waals surface area contributed by atoms with Crippen molar-refractivity contribution in [2.45, 2.75) is 40.0 Å². The third-order valence-corrected chi connectivity index (χ3v) is 1.94. The van der Waals surface area contributed by atoms with Gasteiger partial charge in [-0.3, -0.25) is 0 Å². The molecule has 0 fully saturated rings. The van der Waals surface area contributed by atoms with Crippen LogP contribution in [-0.2, 0) is 0 Å². The number of allylic oxidation sites excluding steroid dienone is 3. The van der Waals surface area contributed by atoms with Gasteiger partial charge in [0.25, 0.3) is 0 Å². The third-order valence-electron chi connectivity index (χ3n) is 1.94. The summed E-state index contributed by atoms with van der Waals surface area (Å²) >= 11 is 0. The minimum Gasteiger partial charge on any atom is -0.394 e. The van der Waals surface area contributed by atoms with Gasteiger partial charge in [0.1, 0.15) is 0 Å². The summed E-state index contributed by atoms with van der Waals surface area (Å²) in [5.41, 5.74) is 2.91. The van der Waals surface area contributed by atoms with Gasteiger partial charge in [0, 0.05) is 7.05 Å². The van der Waals surface area contributed by atoms with Crippen molar-refractivity contribution < 1.29 is 0 Å². The Morgan fingerprint density at radius 1 is 1.08 bits per heavy atom. The fourth-order valence-corrected chi connectivity index (χ4v) is 1.34. The van der Waals surface area contributed by atoms with E-state index in [9.17, 15) is 0 Å². The highest BCUT2D eigenvalue weighted by Crippen LogP contribution is 2.16. The molecule has 0 aliphatic carbocycles. The van der Waals surface area contributed by atoms with E-state index in [0.29, 0.717) is 0 Å². The lowest BCUT2D eigenvalue weighted by Crippen LogP contribution is -1.98. The third kappa shape index (κ3) is 3.61. The number of hydrogen-bond acceptors (Lipinski definition) is 1. The second-order valence-electron chi connectivity index (χ2n) is 2.80. The van der Waals surface area contributed by atoms with Gasteiger partial charge < -0.3 is 5.32 Å². The molecule has 0 atom stereocenters. The quantitative estimate of drug-likeness (QED) is 0.620. The Balaban J connectivity index is 4.44. The van der Waals surface area contributed by atoms with Crippen molar-refractivity contribution in [1.82, 2.24) is 5.32 Å². The molecule has 0 amide bonds. The molecule has 0 saturated carbocycles. The maximum absolute atomic E-state index is 3.09. The fourth-order valence-electron chi connectivity index (χ4n) is 1.34. The van der Waals surface area contributed by atoms with E-state index in [4.69, 9.17) is 0 Å². The van der Waals surface area contributed by atoms with Gasteiger partial charge in [0.05, 0.1) is 0 Å². The van der Waals surface area contributed by atoms with Crippen LogP contribution >= 0.6 is 0 Å². The molecule has 12 heavy (non-hydrogen) atoms. The standard InChI is InChI=1S/C11H21N/c1-5-8-10(6-2)11(7-3)9-12-4/h8-9,12H,5-7H2,1-4H3/b10-8+,11-9+. The van der Waals surface area contributed by atoms with Gasteiger partial charge in [-0.25, -0.2) is 0 Å².